The Balaban J connectivity index is 1.43. The van der Waals surface area contributed by atoms with Crippen LogP contribution in [0.5, 0.6) is 11.5 Å². The summed E-state index contributed by atoms with van der Waals surface area (Å²) < 4.78 is 12.8. The minimum Gasteiger partial charge on any atom is -0.495 e. The number of nitrogens with one attached hydrogen (secondary N) is 1. The second-order valence-electron chi connectivity index (χ2n) is 9.81. The first-order chi connectivity index (χ1) is 20.3. The summed E-state index contributed by atoms with van der Waals surface area (Å²) in [5.74, 6) is 1.05. The van der Waals surface area contributed by atoms with Crippen molar-refractivity contribution in [2.45, 2.75) is 12.5 Å². The molecule has 10 nitrogen and oxygen atoms in total. The van der Waals surface area contributed by atoms with Crippen molar-refractivity contribution in [3.8, 4) is 22.6 Å². The number of rotatable bonds is 9. The topological polar surface area (TPSA) is 114 Å². The van der Waals surface area contributed by atoms with E-state index in [1.54, 1.807) is 24.7 Å². The van der Waals surface area contributed by atoms with Gasteiger partial charge in [-0.1, -0.05) is 29.8 Å². The third kappa shape index (κ3) is 4.87. The molecule has 1 aliphatic heterocycles. The molecule has 0 aliphatic carbocycles. The van der Waals surface area contributed by atoms with Gasteiger partial charge in [0.15, 0.2) is 11.4 Å². The number of carbonyl (C=O) groups excluding carboxylic acids is 1. The summed E-state index contributed by atoms with van der Waals surface area (Å²) in [5.41, 5.74) is 4.72. The zero-order valence-electron chi connectivity index (χ0n) is 22.8. The van der Waals surface area contributed by atoms with Crippen molar-refractivity contribution < 1.29 is 19.4 Å². The lowest BCUT2D eigenvalue weighted by molar-refractivity contribution is -0.114. The molecule has 2 N–H and O–H groups in total. The quantitative estimate of drug-likeness (QED) is 0.211. The maximum absolute atomic E-state index is 12.3. The number of hydrogen-bond acceptors (Lipinski definition) is 9. The Kier molecular flexibility index (Phi) is 7.36. The number of aliphatic hydroxyl groups excluding tert-OH is 1. The monoisotopic (exact) mass is 604 g/mol. The SMILES string of the molecule is C=CC(=O)Cc1cc(N2CC(O)C2)ccc1Nc1ncc2cc(-c3c(Cl)c(OC)cc(OC)c3Cl)c3nccn3c2n1. The van der Waals surface area contributed by atoms with Crippen molar-refractivity contribution in [2.75, 3.05) is 37.5 Å². The van der Waals surface area contributed by atoms with Crippen molar-refractivity contribution in [3.05, 3.63) is 77.2 Å². The highest BCUT2D eigenvalue weighted by atomic mass is 35.5. The summed E-state index contributed by atoms with van der Waals surface area (Å²) in [6, 6.07) is 9.27. The van der Waals surface area contributed by atoms with E-state index in [-0.39, 0.29) is 18.3 Å². The molecule has 4 heterocycles. The number of anilines is 3. The molecule has 1 fully saturated rings. The standard InChI is InChI=1S/C30H26Cl2N6O4/c1-4-19(39)10-16-9-18(37-14-20(40)15-37)5-6-22(16)35-30-34-13-17-11-21(29-33-7-8-38(29)28(17)36-30)25-26(31)23(41-2)12-24(42-3)27(25)32/h4-9,11-13,20,40H,1,10,14-15H2,2-3H3,(H,34,35,36). The largest absolute Gasteiger partial charge is 0.495 e. The van der Waals surface area contributed by atoms with Crippen LogP contribution in [0, 0.1) is 0 Å². The number of fused-ring (bicyclic) bond motifs is 3. The number of benzene rings is 2. The molecule has 42 heavy (non-hydrogen) atoms. The van der Waals surface area contributed by atoms with Crippen molar-refractivity contribution in [1.29, 1.82) is 0 Å². The number of pyridine rings is 1. The number of nitrogens with zero attached hydrogens (tertiary/aromatic N) is 5. The molecule has 0 radical (unpaired) electrons. The fourth-order valence-electron chi connectivity index (χ4n) is 5.03. The van der Waals surface area contributed by atoms with Crippen molar-refractivity contribution in [3.63, 3.8) is 0 Å². The Bertz CT molecular complexity index is 1840. The van der Waals surface area contributed by atoms with Gasteiger partial charge in [0.25, 0.3) is 0 Å². The Labute approximate surface area is 251 Å². The van der Waals surface area contributed by atoms with E-state index in [4.69, 9.17) is 37.7 Å². The number of methoxy groups -OCH3 is 2. The normalized spacial score (nSPS) is 13.3. The van der Waals surface area contributed by atoms with Gasteiger partial charge in [-0.3, -0.25) is 9.20 Å². The van der Waals surface area contributed by atoms with E-state index in [9.17, 15) is 9.90 Å². The molecule has 12 heteroatoms. The number of imidazole rings is 1. The van der Waals surface area contributed by atoms with Crippen LogP contribution in [-0.2, 0) is 11.2 Å². The van der Waals surface area contributed by atoms with Gasteiger partial charge in [-0.15, -0.1) is 0 Å². The second-order valence-corrected chi connectivity index (χ2v) is 10.6. The average Bonchev–Trinajstić information content (AvgIpc) is 3.47. The highest BCUT2D eigenvalue weighted by molar-refractivity contribution is 6.41. The molecule has 0 unspecified atom stereocenters. The van der Waals surface area contributed by atoms with Gasteiger partial charge in [0.2, 0.25) is 5.95 Å². The van der Waals surface area contributed by atoms with Crippen LogP contribution in [0.4, 0.5) is 17.3 Å². The third-order valence-corrected chi connectivity index (χ3v) is 7.95. The maximum atomic E-state index is 12.3. The van der Waals surface area contributed by atoms with Crippen LogP contribution in [0.3, 0.4) is 0 Å². The number of aromatic nitrogens is 4. The predicted octanol–water partition coefficient (Wildman–Crippen LogP) is 5.49. The maximum Gasteiger partial charge on any atom is 0.229 e. The fraction of sp³-hybridized carbons (Fsp3) is 0.200. The van der Waals surface area contributed by atoms with E-state index in [0.29, 0.717) is 74.1 Å². The third-order valence-electron chi connectivity index (χ3n) is 7.20. The molecular formula is C30H26Cl2N6O4. The molecule has 3 aromatic heterocycles. The number of allylic oxidation sites excluding steroid dienone is 1. The zero-order chi connectivity index (χ0) is 29.5. The highest BCUT2D eigenvalue weighted by Gasteiger charge is 2.26. The number of carbonyl (C=O) groups is 1. The van der Waals surface area contributed by atoms with E-state index in [2.05, 4.69) is 21.9 Å². The molecule has 0 bridgehead atoms. The molecule has 0 spiro atoms. The molecule has 0 atom stereocenters. The molecule has 214 valence electrons. The minimum atomic E-state index is -0.342. The number of halogens is 2. The number of aliphatic hydroxyl groups is 1. The molecule has 0 saturated carbocycles. The van der Waals surface area contributed by atoms with Crippen molar-refractivity contribution in [1.82, 2.24) is 19.4 Å². The first-order valence-corrected chi connectivity index (χ1v) is 13.8. The van der Waals surface area contributed by atoms with Crippen LogP contribution >= 0.6 is 23.2 Å². The molecule has 1 saturated heterocycles. The van der Waals surface area contributed by atoms with Crippen LogP contribution in [0.1, 0.15) is 5.56 Å². The van der Waals surface area contributed by atoms with Gasteiger partial charge in [-0.2, -0.15) is 4.98 Å². The number of ketones is 1. The van der Waals surface area contributed by atoms with Crippen molar-refractivity contribution in [2.24, 2.45) is 0 Å². The lowest BCUT2D eigenvalue weighted by atomic mass is 10.0. The van der Waals surface area contributed by atoms with Crippen molar-refractivity contribution >= 4 is 63.0 Å². The van der Waals surface area contributed by atoms with E-state index in [1.807, 2.05) is 33.6 Å². The Morgan fingerprint density at radius 3 is 2.52 bits per heavy atom. The molecule has 0 amide bonds. The van der Waals surface area contributed by atoms with Gasteiger partial charge in [-0.25, -0.2) is 9.97 Å². The van der Waals surface area contributed by atoms with Gasteiger partial charge < -0.3 is 24.8 Å². The van der Waals surface area contributed by atoms with E-state index >= 15 is 0 Å². The van der Waals surface area contributed by atoms with Crippen LogP contribution in [0.2, 0.25) is 10.0 Å². The summed E-state index contributed by atoms with van der Waals surface area (Å²) >= 11 is 13.5. The lowest BCUT2D eigenvalue weighted by Gasteiger charge is -2.38. The highest BCUT2D eigenvalue weighted by Crippen LogP contribution is 2.47. The lowest BCUT2D eigenvalue weighted by Crippen LogP contribution is -2.50. The van der Waals surface area contributed by atoms with Crippen LogP contribution < -0.4 is 19.7 Å². The molecule has 2 aromatic carbocycles. The Morgan fingerprint density at radius 2 is 1.86 bits per heavy atom. The van der Waals surface area contributed by atoms with Crippen LogP contribution in [0.15, 0.2) is 61.6 Å². The predicted molar refractivity (Wildman–Crippen MR) is 164 cm³/mol. The summed E-state index contributed by atoms with van der Waals surface area (Å²) in [7, 11) is 3.04. The van der Waals surface area contributed by atoms with Gasteiger partial charge >= 0.3 is 0 Å². The molecule has 6 rings (SSSR count). The van der Waals surface area contributed by atoms with Gasteiger partial charge in [0.05, 0.1) is 30.4 Å². The first-order valence-electron chi connectivity index (χ1n) is 13.0. The van der Waals surface area contributed by atoms with E-state index < -0.39 is 0 Å². The first kappa shape index (κ1) is 27.8. The van der Waals surface area contributed by atoms with E-state index in [1.165, 1.54) is 20.3 Å². The van der Waals surface area contributed by atoms with Crippen LogP contribution in [-0.4, -0.2) is 63.7 Å². The summed E-state index contributed by atoms with van der Waals surface area (Å²) in [6.45, 7) is 4.71. The number of ether oxygens (including phenoxy) is 2. The number of hydrogen-bond donors (Lipinski definition) is 2. The van der Waals surface area contributed by atoms with Crippen LogP contribution in [0.25, 0.3) is 27.8 Å². The summed E-state index contributed by atoms with van der Waals surface area (Å²) in [5, 5.41) is 14.3. The average molecular weight is 605 g/mol. The zero-order valence-corrected chi connectivity index (χ0v) is 24.3. The Morgan fingerprint density at radius 1 is 1.12 bits per heavy atom. The van der Waals surface area contributed by atoms with Gasteiger partial charge in [0.1, 0.15) is 17.1 Å². The van der Waals surface area contributed by atoms with Gasteiger partial charge in [0, 0.05) is 72.1 Å². The number of β-amino-alcohol motifs (C(OH)–C–C–N with tert-alkyl or cyclic N) is 1. The summed E-state index contributed by atoms with van der Waals surface area (Å²) in [4.78, 5) is 28.3. The molecule has 5 aromatic rings. The fourth-order valence-corrected chi connectivity index (χ4v) is 5.73. The van der Waals surface area contributed by atoms with E-state index in [0.717, 1.165) is 11.3 Å². The minimum absolute atomic E-state index is 0.113. The van der Waals surface area contributed by atoms with Gasteiger partial charge in [-0.05, 0) is 35.9 Å². The summed E-state index contributed by atoms with van der Waals surface area (Å²) in [6.07, 6.45) is 6.27. The molecular weight excluding hydrogens is 579 g/mol. The molecule has 1 aliphatic rings. The smallest absolute Gasteiger partial charge is 0.229 e. The Hall–Kier alpha value is -4.38. The second kappa shape index (κ2) is 11.1.